The maximum Gasteiger partial charge on any atom is 0.220 e. The summed E-state index contributed by atoms with van der Waals surface area (Å²) >= 11 is 0. The molecule has 0 fully saturated rings. The number of hydrogen-bond acceptors (Lipinski definition) is 2. The lowest BCUT2D eigenvalue weighted by Gasteiger charge is -2.07. The van der Waals surface area contributed by atoms with Crippen molar-refractivity contribution in [3.63, 3.8) is 0 Å². The summed E-state index contributed by atoms with van der Waals surface area (Å²) in [7, 11) is 1.41. The maximum atomic E-state index is 13.5. The van der Waals surface area contributed by atoms with Gasteiger partial charge in [-0.25, -0.2) is 8.78 Å². The zero-order valence-corrected chi connectivity index (χ0v) is 12.9. The molecule has 2 rings (SSSR count). The molecule has 0 aliphatic carbocycles. The van der Waals surface area contributed by atoms with Crippen LogP contribution in [0.1, 0.15) is 17.5 Å². The van der Waals surface area contributed by atoms with Gasteiger partial charge in [-0.15, -0.1) is 0 Å². The van der Waals surface area contributed by atoms with Crippen LogP contribution in [-0.4, -0.2) is 19.6 Å². The zero-order valence-electron chi connectivity index (χ0n) is 12.9. The zero-order chi connectivity index (χ0) is 16.7. The van der Waals surface area contributed by atoms with Gasteiger partial charge in [0.2, 0.25) is 5.91 Å². The molecule has 0 saturated carbocycles. The Morgan fingerprint density at radius 3 is 2.39 bits per heavy atom. The number of hydrogen-bond donors (Lipinski definition) is 1. The van der Waals surface area contributed by atoms with Gasteiger partial charge in [0.15, 0.2) is 11.6 Å². The first kappa shape index (κ1) is 16.9. The smallest absolute Gasteiger partial charge is 0.220 e. The number of carbonyl (C=O) groups excluding carboxylic acids is 1. The van der Waals surface area contributed by atoms with Gasteiger partial charge in [-0.3, -0.25) is 4.79 Å². The molecule has 0 radical (unpaired) electrons. The summed E-state index contributed by atoms with van der Waals surface area (Å²) in [5.74, 6) is -0.605. The van der Waals surface area contributed by atoms with E-state index in [4.69, 9.17) is 4.74 Å². The Hall–Kier alpha value is -2.43. The second-order valence-corrected chi connectivity index (χ2v) is 5.20. The Labute approximate surface area is 134 Å². The average molecular weight is 319 g/mol. The van der Waals surface area contributed by atoms with Gasteiger partial charge >= 0.3 is 0 Å². The van der Waals surface area contributed by atoms with Crippen LogP contribution in [0.3, 0.4) is 0 Å². The van der Waals surface area contributed by atoms with E-state index in [9.17, 15) is 13.6 Å². The predicted octanol–water partition coefficient (Wildman–Crippen LogP) is 3.26. The van der Waals surface area contributed by atoms with Crippen molar-refractivity contribution in [3.8, 4) is 5.75 Å². The van der Waals surface area contributed by atoms with E-state index in [1.807, 2.05) is 0 Å². The topological polar surface area (TPSA) is 38.3 Å². The summed E-state index contributed by atoms with van der Waals surface area (Å²) in [6.07, 6.45) is 1.39. The summed E-state index contributed by atoms with van der Waals surface area (Å²) in [5, 5.41) is 2.80. The molecular weight excluding hydrogens is 300 g/mol. The van der Waals surface area contributed by atoms with Crippen LogP contribution in [0.15, 0.2) is 42.5 Å². The number of methoxy groups -OCH3 is 1. The van der Waals surface area contributed by atoms with Crippen LogP contribution in [0.5, 0.6) is 5.75 Å². The number of ether oxygens (including phenoxy) is 1. The van der Waals surface area contributed by atoms with Crippen molar-refractivity contribution in [3.05, 3.63) is 65.2 Å². The highest BCUT2D eigenvalue weighted by molar-refractivity contribution is 5.76. The van der Waals surface area contributed by atoms with E-state index in [1.165, 1.54) is 25.3 Å². The molecule has 0 unspecified atom stereocenters. The summed E-state index contributed by atoms with van der Waals surface area (Å²) in [6.45, 7) is 0.488. The number of halogens is 2. The Morgan fingerprint density at radius 2 is 1.74 bits per heavy atom. The van der Waals surface area contributed by atoms with E-state index >= 15 is 0 Å². The molecule has 0 aliphatic rings. The van der Waals surface area contributed by atoms with Gasteiger partial charge < -0.3 is 10.1 Å². The van der Waals surface area contributed by atoms with E-state index in [2.05, 4.69) is 5.32 Å². The lowest BCUT2D eigenvalue weighted by molar-refractivity contribution is -0.121. The Balaban J connectivity index is 1.72. The third-order valence-electron chi connectivity index (χ3n) is 3.51. The monoisotopic (exact) mass is 319 g/mol. The van der Waals surface area contributed by atoms with E-state index in [1.54, 1.807) is 24.3 Å². The van der Waals surface area contributed by atoms with Gasteiger partial charge in [0.1, 0.15) is 5.82 Å². The fourth-order valence-electron chi connectivity index (χ4n) is 2.21. The van der Waals surface area contributed by atoms with Crippen LogP contribution < -0.4 is 10.1 Å². The van der Waals surface area contributed by atoms with Gasteiger partial charge in [0.25, 0.3) is 0 Å². The number of benzene rings is 2. The van der Waals surface area contributed by atoms with Crippen molar-refractivity contribution in [2.75, 3.05) is 13.7 Å². The highest BCUT2D eigenvalue weighted by Gasteiger charge is 2.06. The van der Waals surface area contributed by atoms with Crippen molar-refractivity contribution in [2.24, 2.45) is 0 Å². The molecule has 3 nitrogen and oxygen atoms in total. The van der Waals surface area contributed by atoms with E-state index in [-0.39, 0.29) is 23.9 Å². The second kappa shape index (κ2) is 8.27. The molecule has 0 bridgehead atoms. The third kappa shape index (κ3) is 5.36. The number of rotatable bonds is 7. The lowest BCUT2D eigenvalue weighted by atomic mass is 10.1. The Morgan fingerprint density at radius 1 is 1.04 bits per heavy atom. The minimum atomic E-state index is -0.429. The standard InChI is InChI=1S/C18H19F2NO2/c1-23-17-8-4-14(12-16(17)20)5-9-18(22)21-11-10-13-2-6-15(19)7-3-13/h2-4,6-8,12H,5,9-11H2,1H3,(H,21,22). The quantitative estimate of drug-likeness (QED) is 0.850. The van der Waals surface area contributed by atoms with Crippen LogP contribution in [0.4, 0.5) is 8.78 Å². The van der Waals surface area contributed by atoms with Crippen molar-refractivity contribution >= 4 is 5.91 Å². The van der Waals surface area contributed by atoms with Gasteiger partial charge in [-0.2, -0.15) is 0 Å². The minimum absolute atomic E-state index is 0.0941. The molecule has 23 heavy (non-hydrogen) atoms. The molecule has 122 valence electrons. The van der Waals surface area contributed by atoms with Crippen LogP contribution in [0, 0.1) is 11.6 Å². The van der Waals surface area contributed by atoms with E-state index < -0.39 is 5.82 Å². The summed E-state index contributed by atoms with van der Waals surface area (Å²) in [5.41, 5.74) is 1.71. The van der Waals surface area contributed by atoms with Crippen LogP contribution in [0.25, 0.3) is 0 Å². The molecule has 0 aliphatic heterocycles. The summed E-state index contributed by atoms with van der Waals surface area (Å²) < 4.78 is 31.2. The molecule has 0 saturated heterocycles. The minimum Gasteiger partial charge on any atom is -0.494 e. The fraction of sp³-hybridized carbons (Fsp3) is 0.278. The first-order valence-electron chi connectivity index (χ1n) is 7.42. The largest absolute Gasteiger partial charge is 0.494 e. The number of nitrogens with one attached hydrogen (secondary N) is 1. The SMILES string of the molecule is COc1ccc(CCC(=O)NCCc2ccc(F)cc2)cc1F. The van der Waals surface area contributed by atoms with E-state index in [0.717, 1.165) is 11.1 Å². The maximum absolute atomic E-state index is 13.5. The molecule has 1 amide bonds. The highest BCUT2D eigenvalue weighted by Crippen LogP contribution is 2.18. The highest BCUT2D eigenvalue weighted by atomic mass is 19.1. The molecule has 0 aromatic heterocycles. The molecule has 2 aromatic carbocycles. The number of carbonyl (C=O) groups is 1. The van der Waals surface area contributed by atoms with Crippen molar-refractivity contribution in [1.29, 1.82) is 0 Å². The molecule has 0 spiro atoms. The molecule has 5 heteroatoms. The first-order chi connectivity index (χ1) is 11.1. The number of amides is 1. The fourth-order valence-corrected chi connectivity index (χ4v) is 2.21. The predicted molar refractivity (Wildman–Crippen MR) is 84.4 cm³/mol. The summed E-state index contributed by atoms with van der Waals surface area (Å²) in [6, 6.07) is 10.9. The Bertz CT molecular complexity index is 657. The van der Waals surface area contributed by atoms with Gasteiger partial charge in [0, 0.05) is 13.0 Å². The van der Waals surface area contributed by atoms with Crippen LogP contribution in [-0.2, 0) is 17.6 Å². The van der Waals surface area contributed by atoms with Crippen molar-refractivity contribution < 1.29 is 18.3 Å². The van der Waals surface area contributed by atoms with Crippen LogP contribution in [0.2, 0.25) is 0 Å². The molecule has 2 aromatic rings. The third-order valence-corrected chi connectivity index (χ3v) is 3.51. The summed E-state index contributed by atoms with van der Waals surface area (Å²) in [4.78, 5) is 11.8. The average Bonchev–Trinajstić information content (AvgIpc) is 2.55. The van der Waals surface area contributed by atoms with Crippen molar-refractivity contribution in [2.45, 2.75) is 19.3 Å². The van der Waals surface area contributed by atoms with Crippen molar-refractivity contribution in [1.82, 2.24) is 5.32 Å². The Kier molecular flexibility index (Phi) is 6.09. The van der Waals surface area contributed by atoms with Gasteiger partial charge in [-0.05, 0) is 48.2 Å². The van der Waals surface area contributed by atoms with E-state index in [0.29, 0.717) is 19.4 Å². The molecule has 1 N–H and O–H groups in total. The van der Waals surface area contributed by atoms with Gasteiger partial charge in [-0.1, -0.05) is 18.2 Å². The second-order valence-electron chi connectivity index (χ2n) is 5.20. The van der Waals surface area contributed by atoms with Crippen LogP contribution >= 0.6 is 0 Å². The molecular formula is C18H19F2NO2. The normalized spacial score (nSPS) is 10.4. The molecule has 0 heterocycles. The first-order valence-corrected chi connectivity index (χ1v) is 7.42. The number of aryl methyl sites for hydroxylation is 1. The lowest BCUT2D eigenvalue weighted by Crippen LogP contribution is -2.25. The molecule has 0 atom stereocenters. The van der Waals surface area contributed by atoms with Gasteiger partial charge in [0.05, 0.1) is 7.11 Å².